The van der Waals surface area contributed by atoms with Crippen LogP contribution in [-0.4, -0.2) is 12.3 Å². The summed E-state index contributed by atoms with van der Waals surface area (Å²) in [5.41, 5.74) is 5.37. The van der Waals surface area contributed by atoms with Crippen LogP contribution in [0, 0.1) is 5.82 Å². The first kappa shape index (κ1) is 20.5. The number of ether oxygens (including phenoxy) is 1. The molecule has 0 aliphatic carbocycles. The van der Waals surface area contributed by atoms with Crippen LogP contribution in [0.4, 0.5) is 17.6 Å². The highest BCUT2D eigenvalue weighted by Crippen LogP contribution is 2.39. The van der Waals surface area contributed by atoms with Crippen molar-refractivity contribution in [3.05, 3.63) is 77.6 Å². The Morgan fingerprint density at radius 2 is 1.43 bits per heavy atom. The maximum Gasteiger partial charge on any atom is 0.425 e. The highest BCUT2D eigenvalue weighted by Gasteiger charge is 2.44. The predicted octanol–water partition coefficient (Wildman–Crippen LogP) is 7.37. The van der Waals surface area contributed by atoms with Gasteiger partial charge < -0.3 is 4.74 Å². The summed E-state index contributed by atoms with van der Waals surface area (Å²) in [5.74, 6) is -1.04. The van der Waals surface area contributed by atoms with E-state index in [0.717, 1.165) is 29.5 Å². The lowest BCUT2D eigenvalue weighted by Crippen LogP contribution is -2.37. The quantitative estimate of drug-likeness (QED) is 0.405. The number of rotatable bonds is 4. The summed E-state index contributed by atoms with van der Waals surface area (Å²) >= 11 is 0. The van der Waals surface area contributed by atoms with Crippen LogP contribution in [0.1, 0.15) is 30.9 Å². The van der Waals surface area contributed by atoms with E-state index in [1.807, 2.05) is 24.3 Å². The zero-order valence-corrected chi connectivity index (χ0v) is 16.6. The van der Waals surface area contributed by atoms with E-state index >= 15 is 0 Å². The molecule has 5 heteroatoms. The third-order valence-electron chi connectivity index (χ3n) is 5.47. The van der Waals surface area contributed by atoms with Gasteiger partial charge in [-0.25, -0.2) is 4.39 Å². The second-order valence-electron chi connectivity index (χ2n) is 7.66. The molecule has 3 aromatic carbocycles. The minimum atomic E-state index is -4.49. The van der Waals surface area contributed by atoms with E-state index in [1.165, 1.54) is 11.6 Å². The summed E-state index contributed by atoms with van der Waals surface area (Å²) in [4.78, 5) is 0. The fourth-order valence-electron chi connectivity index (χ4n) is 3.86. The summed E-state index contributed by atoms with van der Waals surface area (Å²) in [7, 11) is 0. The van der Waals surface area contributed by atoms with Crippen molar-refractivity contribution in [3.63, 3.8) is 0 Å². The number of alkyl halides is 3. The molecule has 1 unspecified atom stereocenters. The largest absolute Gasteiger partial charge is 0.478 e. The van der Waals surface area contributed by atoms with Crippen molar-refractivity contribution in [2.75, 3.05) is 0 Å². The molecular weight excluding hydrogens is 392 g/mol. The standard InChI is InChI=1S/C25H22F4O/c1-2-3-16-4-6-17(7-5-16)18-8-10-19(11-9-18)21-14-20-12-13-23(25(27,28)29)30-24(20)22(26)15-21/h4-11,14-15,23H,2-3,12-13H2,1H3. The maximum absolute atomic E-state index is 14.5. The van der Waals surface area contributed by atoms with Crippen LogP contribution in [0.3, 0.4) is 0 Å². The van der Waals surface area contributed by atoms with Crippen molar-refractivity contribution in [2.24, 2.45) is 0 Å². The number of aryl methyl sites for hydroxylation is 2. The van der Waals surface area contributed by atoms with Crippen molar-refractivity contribution in [2.45, 2.75) is 44.9 Å². The minimum Gasteiger partial charge on any atom is -0.478 e. The Bertz CT molecular complexity index is 1020. The van der Waals surface area contributed by atoms with Gasteiger partial charge >= 0.3 is 6.18 Å². The number of hydrogen-bond donors (Lipinski definition) is 0. The van der Waals surface area contributed by atoms with Gasteiger partial charge in [-0.1, -0.05) is 61.9 Å². The van der Waals surface area contributed by atoms with Crippen LogP contribution in [0.25, 0.3) is 22.3 Å². The van der Waals surface area contributed by atoms with E-state index in [0.29, 0.717) is 11.1 Å². The topological polar surface area (TPSA) is 9.23 Å². The summed E-state index contributed by atoms with van der Waals surface area (Å²) in [6, 6.07) is 19.1. The first-order valence-electron chi connectivity index (χ1n) is 10.1. The highest BCUT2D eigenvalue weighted by molar-refractivity contribution is 5.71. The molecule has 0 saturated heterocycles. The van der Waals surface area contributed by atoms with Crippen molar-refractivity contribution < 1.29 is 22.3 Å². The average Bonchev–Trinajstić information content (AvgIpc) is 2.74. The zero-order valence-electron chi connectivity index (χ0n) is 16.6. The van der Waals surface area contributed by atoms with Crippen LogP contribution >= 0.6 is 0 Å². The molecule has 0 N–H and O–H groups in total. The molecule has 1 aliphatic rings. The third kappa shape index (κ3) is 4.20. The van der Waals surface area contributed by atoms with Gasteiger partial charge in [-0.3, -0.25) is 0 Å². The second-order valence-corrected chi connectivity index (χ2v) is 7.66. The average molecular weight is 414 g/mol. The predicted molar refractivity (Wildman–Crippen MR) is 110 cm³/mol. The lowest BCUT2D eigenvalue weighted by atomic mass is 9.95. The van der Waals surface area contributed by atoms with E-state index in [1.54, 1.807) is 6.07 Å². The molecule has 0 radical (unpaired) electrons. The lowest BCUT2D eigenvalue weighted by molar-refractivity contribution is -0.199. The molecule has 0 amide bonds. The molecule has 3 aromatic rings. The Labute approximate surface area is 173 Å². The Hall–Kier alpha value is -2.82. The lowest BCUT2D eigenvalue weighted by Gasteiger charge is -2.28. The molecule has 0 aromatic heterocycles. The minimum absolute atomic E-state index is 0.131. The van der Waals surface area contributed by atoms with Crippen LogP contribution < -0.4 is 4.74 Å². The summed E-state index contributed by atoms with van der Waals surface area (Å²) in [6.07, 6.45) is -4.36. The van der Waals surface area contributed by atoms with E-state index < -0.39 is 18.1 Å². The Balaban J connectivity index is 1.57. The molecule has 4 rings (SSSR count). The molecule has 1 nitrogen and oxygen atoms in total. The summed E-state index contributed by atoms with van der Waals surface area (Å²) < 4.78 is 58.2. The van der Waals surface area contributed by atoms with Gasteiger partial charge in [0.25, 0.3) is 0 Å². The van der Waals surface area contributed by atoms with Crippen molar-refractivity contribution in [1.29, 1.82) is 0 Å². The van der Waals surface area contributed by atoms with Crippen molar-refractivity contribution in [3.8, 4) is 28.0 Å². The highest BCUT2D eigenvalue weighted by atomic mass is 19.4. The number of benzene rings is 3. The molecule has 0 fully saturated rings. The molecule has 0 spiro atoms. The normalized spacial score (nSPS) is 16.1. The fraction of sp³-hybridized carbons (Fsp3) is 0.280. The zero-order chi connectivity index (χ0) is 21.3. The number of halogens is 4. The van der Waals surface area contributed by atoms with Crippen LogP contribution in [-0.2, 0) is 12.8 Å². The van der Waals surface area contributed by atoms with Crippen LogP contribution in [0.2, 0.25) is 0 Å². The van der Waals surface area contributed by atoms with Crippen LogP contribution in [0.15, 0.2) is 60.7 Å². The molecule has 30 heavy (non-hydrogen) atoms. The third-order valence-corrected chi connectivity index (χ3v) is 5.47. The molecule has 0 saturated carbocycles. The molecule has 1 aliphatic heterocycles. The summed E-state index contributed by atoms with van der Waals surface area (Å²) in [5, 5.41) is 0. The summed E-state index contributed by atoms with van der Waals surface area (Å²) in [6.45, 7) is 2.15. The first-order valence-corrected chi connectivity index (χ1v) is 10.1. The smallest absolute Gasteiger partial charge is 0.425 e. The fourth-order valence-corrected chi connectivity index (χ4v) is 3.86. The van der Waals surface area contributed by atoms with Crippen molar-refractivity contribution in [1.82, 2.24) is 0 Å². The molecule has 156 valence electrons. The van der Waals surface area contributed by atoms with Gasteiger partial charge in [-0.2, -0.15) is 13.2 Å². The van der Waals surface area contributed by atoms with E-state index in [2.05, 4.69) is 31.2 Å². The van der Waals surface area contributed by atoms with E-state index in [9.17, 15) is 17.6 Å². The van der Waals surface area contributed by atoms with E-state index in [4.69, 9.17) is 4.74 Å². The van der Waals surface area contributed by atoms with Gasteiger partial charge in [0.1, 0.15) is 0 Å². The number of hydrogen-bond acceptors (Lipinski definition) is 1. The Kier molecular flexibility index (Phi) is 5.54. The Morgan fingerprint density at radius 3 is 2.00 bits per heavy atom. The second kappa shape index (κ2) is 8.13. The van der Waals surface area contributed by atoms with Gasteiger partial charge in [0.05, 0.1) is 0 Å². The maximum atomic E-state index is 14.5. The first-order chi connectivity index (χ1) is 14.3. The SMILES string of the molecule is CCCc1ccc(-c2ccc(-c3cc(F)c4c(c3)CCC(C(F)(F)F)O4)cc2)cc1. The molecule has 1 atom stereocenters. The molecule has 0 bridgehead atoms. The molecule has 1 heterocycles. The number of fused-ring (bicyclic) bond motifs is 1. The Morgan fingerprint density at radius 1 is 0.867 bits per heavy atom. The van der Waals surface area contributed by atoms with Crippen molar-refractivity contribution >= 4 is 0 Å². The van der Waals surface area contributed by atoms with Gasteiger partial charge in [0.15, 0.2) is 17.7 Å². The van der Waals surface area contributed by atoms with Gasteiger partial charge in [0.2, 0.25) is 0 Å². The van der Waals surface area contributed by atoms with Gasteiger partial charge in [-0.15, -0.1) is 0 Å². The monoisotopic (exact) mass is 414 g/mol. The van der Waals surface area contributed by atoms with E-state index in [-0.39, 0.29) is 18.6 Å². The van der Waals surface area contributed by atoms with Gasteiger partial charge in [0, 0.05) is 0 Å². The van der Waals surface area contributed by atoms with Crippen LogP contribution in [0.5, 0.6) is 5.75 Å². The molecular formula is C25H22F4O. The van der Waals surface area contributed by atoms with Gasteiger partial charge in [-0.05, 0) is 64.8 Å².